The fourth-order valence-electron chi connectivity index (χ4n) is 1.26. The minimum atomic E-state index is -0.398. The highest BCUT2D eigenvalue weighted by Gasteiger charge is 2.09. The Labute approximate surface area is 106 Å². The first-order valence-corrected chi connectivity index (χ1v) is 5.94. The molecule has 0 radical (unpaired) electrons. The molecule has 88 valence electrons. The molecule has 17 heavy (non-hydrogen) atoms. The molecule has 0 saturated carbocycles. The largest absolute Gasteiger partial charge is 0.378 e. The van der Waals surface area contributed by atoms with Crippen molar-refractivity contribution in [2.24, 2.45) is 0 Å². The van der Waals surface area contributed by atoms with Gasteiger partial charge >= 0.3 is 5.00 Å². The maximum Gasteiger partial charge on any atom is 0.324 e. The molecule has 0 aromatic carbocycles. The number of pyridine rings is 1. The van der Waals surface area contributed by atoms with Crippen molar-refractivity contribution in [1.29, 1.82) is 0 Å². The van der Waals surface area contributed by atoms with Gasteiger partial charge in [0.25, 0.3) is 0 Å². The molecule has 5 nitrogen and oxygen atoms in total. The van der Waals surface area contributed by atoms with Crippen LogP contribution < -0.4 is 5.32 Å². The topological polar surface area (TPSA) is 68.1 Å². The highest BCUT2D eigenvalue weighted by molar-refractivity contribution is 7.15. The lowest BCUT2D eigenvalue weighted by Gasteiger charge is -2.04. The number of halogens is 1. The number of rotatable bonds is 4. The van der Waals surface area contributed by atoms with E-state index in [4.69, 9.17) is 11.6 Å². The normalized spacial score (nSPS) is 10.2. The molecule has 1 N–H and O–H groups in total. The molecule has 0 amide bonds. The first kappa shape index (κ1) is 11.8. The zero-order valence-corrected chi connectivity index (χ0v) is 10.2. The Morgan fingerprint density at radius 2 is 2.29 bits per heavy atom. The summed E-state index contributed by atoms with van der Waals surface area (Å²) in [7, 11) is 0. The van der Waals surface area contributed by atoms with Crippen LogP contribution in [-0.2, 0) is 6.54 Å². The summed E-state index contributed by atoms with van der Waals surface area (Å²) < 4.78 is 0. The van der Waals surface area contributed by atoms with Crippen molar-refractivity contribution in [3.05, 3.63) is 50.6 Å². The van der Waals surface area contributed by atoms with Gasteiger partial charge in [0, 0.05) is 23.7 Å². The van der Waals surface area contributed by atoms with Crippen LogP contribution in [0, 0.1) is 10.1 Å². The minimum Gasteiger partial charge on any atom is -0.378 e. The second kappa shape index (κ2) is 5.11. The van der Waals surface area contributed by atoms with Crippen LogP contribution in [0.25, 0.3) is 0 Å². The summed E-state index contributed by atoms with van der Waals surface area (Å²) in [5, 5.41) is 14.1. The summed E-state index contributed by atoms with van der Waals surface area (Å²) in [5.74, 6) is 0. The third-order valence-corrected chi connectivity index (χ3v) is 3.38. The molecule has 2 aromatic heterocycles. The van der Waals surface area contributed by atoms with Crippen LogP contribution in [0.5, 0.6) is 0 Å². The van der Waals surface area contributed by atoms with Gasteiger partial charge in [0.15, 0.2) is 5.15 Å². The molecule has 0 unspecified atom stereocenters. The minimum absolute atomic E-state index is 0.138. The predicted molar refractivity (Wildman–Crippen MR) is 67.5 cm³/mol. The molecule has 0 fully saturated rings. The highest BCUT2D eigenvalue weighted by Crippen LogP contribution is 2.25. The third kappa shape index (κ3) is 2.92. The Morgan fingerprint density at radius 3 is 2.94 bits per heavy atom. The number of anilines is 1. The van der Waals surface area contributed by atoms with Crippen molar-refractivity contribution in [2.75, 3.05) is 5.32 Å². The molecule has 2 rings (SSSR count). The van der Waals surface area contributed by atoms with E-state index in [9.17, 15) is 10.1 Å². The lowest BCUT2D eigenvalue weighted by atomic mass is 10.4. The van der Waals surface area contributed by atoms with Crippen LogP contribution in [0.1, 0.15) is 4.88 Å². The summed E-state index contributed by atoms with van der Waals surface area (Å²) in [6, 6.07) is 6.79. The molecule has 0 bridgehead atoms. The van der Waals surface area contributed by atoms with Gasteiger partial charge in [0.05, 0.1) is 10.6 Å². The van der Waals surface area contributed by atoms with Crippen LogP contribution in [-0.4, -0.2) is 9.91 Å². The zero-order chi connectivity index (χ0) is 12.3. The van der Waals surface area contributed by atoms with Gasteiger partial charge in [0.2, 0.25) is 0 Å². The molecular formula is C10H8ClN3O2S. The predicted octanol–water partition coefficient (Wildman–Crippen LogP) is 3.32. The van der Waals surface area contributed by atoms with E-state index in [1.54, 1.807) is 24.4 Å². The molecule has 0 saturated heterocycles. The quantitative estimate of drug-likeness (QED) is 0.525. The lowest BCUT2D eigenvalue weighted by molar-refractivity contribution is -0.380. The van der Waals surface area contributed by atoms with E-state index in [-0.39, 0.29) is 5.00 Å². The van der Waals surface area contributed by atoms with E-state index in [0.29, 0.717) is 17.4 Å². The SMILES string of the molecule is O=[N+]([O-])c1ccc(CNc2cccnc2Cl)s1. The molecule has 0 aliphatic rings. The average Bonchev–Trinajstić information content (AvgIpc) is 2.77. The number of aromatic nitrogens is 1. The molecule has 2 aromatic rings. The molecule has 0 atom stereocenters. The number of thiophene rings is 1. The van der Waals surface area contributed by atoms with E-state index >= 15 is 0 Å². The summed E-state index contributed by atoms with van der Waals surface area (Å²) >= 11 is 7.01. The second-order valence-corrected chi connectivity index (χ2v) is 4.70. The van der Waals surface area contributed by atoms with Crippen LogP contribution in [0.3, 0.4) is 0 Å². The van der Waals surface area contributed by atoms with Crippen LogP contribution >= 0.6 is 22.9 Å². The maximum absolute atomic E-state index is 10.5. The van der Waals surface area contributed by atoms with Crippen LogP contribution in [0.15, 0.2) is 30.5 Å². The highest BCUT2D eigenvalue weighted by atomic mass is 35.5. The van der Waals surface area contributed by atoms with Crippen molar-refractivity contribution in [1.82, 2.24) is 4.98 Å². The first-order valence-electron chi connectivity index (χ1n) is 4.74. The van der Waals surface area contributed by atoms with Gasteiger partial charge < -0.3 is 5.32 Å². The zero-order valence-electron chi connectivity index (χ0n) is 8.59. The van der Waals surface area contributed by atoms with E-state index in [2.05, 4.69) is 10.3 Å². The van der Waals surface area contributed by atoms with Gasteiger partial charge in [-0.1, -0.05) is 22.9 Å². The lowest BCUT2D eigenvalue weighted by Crippen LogP contribution is -1.98. The summed E-state index contributed by atoms with van der Waals surface area (Å²) in [6.45, 7) is 0.490. The smallest absolute Gasteiger partial charge is 0.324 e. The standard InChI is InChI=1S/C10H8ClN3O2S/c11-10-8(2-1-5-12-10)13-6-7-3-4-9(17-7)14(15)16/h1-5,13H,6H2. The Kier molecular flexibility index (Phi) is 3.55. The molecule has 7 heteroatoms. The fourth-order valence-corrected chi connectivity index (χ4v) is 2.21. The molecular weight excluding hydrogens is 262 g/mol. The monoisotopic (exact) mass is 269 g/mol. The van der Waals surface area contributed by atoms with Gasteiger partial charge in [-0.05, 0) is 18.2 Å². The van der Waals surface area contributed by atoms with Crippen LogP contribution in [0.2, 0.25) is 5.15 Å². The van der Waals surface area contributed by atoms with E-state index < -0.39 is 4.92 Å². The van der Waals surface area contributed by atoms with Gasteiger partial charge in [-0.3, -0.25) is 10.1 Å². The number of nitrogens with one attached hydrogen (secondary N) is 1. The number of nitro groups is 1. The van der Waals surface area contributed by atoms with Gasteiger partial charge in [-0.2, -0.15) is 0 Å². The van der Waals surface area contributed by atoms with Crippen molar-refractivity contribution in [2.45, 2.75) is 6.54 Å². The Bertz CT molecular complexity index is 544. The van der Waals surface area contributed by atoms with Crippen molar-refractivity contribution < 1.29 is 4.92 Å². The molecule has 2 heterocycles. The Balaban J connectivity index is 2.02. The number of hydrogen-bond donors (Lipinski definition) is 1. The van der Waals surface area contributed by atoms with E-state index in [1.807, 2.05) is 0 Å². The first-order chi connectivity index (χ1) is 8.16. The molecule has 0 aliphatic carbocycles. The second-order valence-electron chi connectivity index (χ2n) is 3.19. The van der Waals surface area contributed by atoms with Gasteiger partial charge in [0.1, 0.15) is 0 Å². The summed E-state index contributed by atoms with van der Waals surface area (Å²) in [4.78, 5) is 14.9. The average molecular weight is 270 g/mol. The number of nitrogens with zero attached hydrogens (tertiary/aromatic N) is 2. The fraction of sp³-hybridized carbons (Fsp3) is 0.100. The molecule has 0 aliphatic heterocycles. The molecule has 0 spiro atoms. The van der Waals surface area contributed by atoms with Crippen molar-refractivity contribution >= 4 is 33.6 Å². The Morgan fingerprint density at radius 1 is 1.47 bits per heavy atom. The van der Waals surface area contributed by atoms with Gasteiger partial charge in [-0.15, -0.1) is 0 Å². The van der Waals surface area contributed by atoms with Crippen LogP contribution in [0.4, 0.5) is 10.7 Å². The number of hydrogen-bond acceptors (Lipinski definition) is 5. The summed E-state index contributed by atoms with van der Waals surface area (Å²) in [6.07, 6.45) is 1.60. The van der Waals surface area contributed by atoms with Gasteiger partial charge in [-0.25, -0.2) is 4.98 Å². The van der Waals surface area contributed by atoms with E-state index in [1.165, 1.54) is 6.07 Å². The maximum atomic E-state index is 10.5. The van der Waals surface area contributed by atoms with Crippen molar-refractivity contribution in [3.8, 4) is 0 Å². The van der Waals surface area contributed by atoms with E-state index in [0.717, 1.165) is 16.2 Å². The Hall–Kier alpha value is -1.66. The summed E-state index contributed by atoms with van der Waals surface area (Å²) in [5.41, 5.74) is 0.713. The third-order valence-electron chi connectivity index (χ3n) is 2.04. The van der Waals surface area contributed by atoms with Crippen molar-refractivity contribution in [3.63, 3.8) is 0 Å².